The van der Waals surface area contributed by atoms with Gasteiger partial charge in [-0.05, 0) is 30.5 Å². The molecule has 2 nitrogen and oxygen atoms in total. The average Bonchev–Trinajstić information content (AvgIpc) is 2.31. The van der Waals surface area contributed by atoms with Crippen molar-refractivity contribution in [1.82, 2.24) is 5.32 Å². The van der Waals surface area contributed by atoms with Crippen LogP contribution in [0.4, 0.5) is 0 Å². The molecule has 1 aromatic carbocycles. The van der Waals surface area contributed by atoms with E-state index in [-0.39, 0.29) is 0 Å². The molecule has 0 radical (unpaired) electrons. The van der Waals surface area contributed by atoms with Gasteiger partial charge in [0.2, 0.25) is 0 Å². The molecule has 0 aliphatic rings. The Morgan fingerprint density at radius 3 is 2.25 bits per heavy atom. The molecule has 0 unspecified atom stereocenters. The molecule has 90 valence electrons. The quantitative estimate of drug-likeness (QED) is 0.803. The molecule has 0 aliphatic carbocycles. The summed E-state index contributed by atoms with van der Waals surface area (Å²) in [5, 5.41) is 14.1. The van der Waals surface area contributed by atoms with Gasteiger partial charge in [-0.3, -0.25) is 0 Å². The second kappa shape index (κ2) is 6.24. The van der Waals surface area contributed by atoms with E-state index in [0.717, 1.165) is 24.4 Å². The van der Waals surface area contributed by atoms with Crippen molar-refractivity contribution >= 4 is 11.6 Å². The fraction of sp³-hybridized carbons (Fsp3) is 0.538. The van der Waals surface area contributed by atoms with Gasteiger partial charge in [-0.1, -0.05) is 37.6 Å². The maximum atomic E-state index is 10.1. The molecule has 0 atom stereocenters. The lowest BCUT2D eigenvalue weighted by Gasteiger charge is -2.25. The minimum absolute atomic E-state index is 0.577. The highest BCUT2D eigenvalue weighted by molar-refractivity contribution is 6.30. The van der Waals surface area contributed by atoms with Crippen LogP contribution >= 0.6 is 11.6 Å². The van der Waals surface area contributed by atoms with Gasteiger partial charge < -0.3 is 10.4 Å². The number of halogens is 1. The molecule has 0 fully saturated rings. The van der Waals surface area contributed by atoms with Crippen LogP contribution in [0.5, 0.6) is 0 Å². The van der Waals surface area contributed by atoms with Crippen LogP contribution < -0.4 is 5.32 Å². The fourth-order valence-electron chi connectivity index (χ4n) is 1.54. The van der Waals surface area contributed by atoms with Crippen molar-refractivity contribution in [3.8, 4) is 0 Å². The summed E-state index contributed by atoms with van der Waals surface area (Å²) in [6, 6.07) is 7.74. The van der Waals surface area contributed by atoms with E-state index in [1.165, 1.54) is 5.56 Å². The Balaban J connectivity index is 2.38. The minimum Gasteiger partial charge on any atom is -0.389 e. The molecule has 2 N–H and O–H groups in total. The van der Waals surface area contributed by atoms with Gasteiger partial charge in [-0.15, -0.1) is 0 Å². The largest absolute Gasteiger partial charge is 0.389 e. The van der Waals surface area contributed by atoms with Crippen LogP contribution in [0.1, 0.15) is 32.3 Å². The van der Waals surface area contributed by atoms with Crippen LogP contribution in [-0.4, -0.2) is 17.3 Å². The Morgan fingerprint density at radius 2 is 1.75 bits per heavy atom. The van der Waals surface area contributed by atoms with E-state index in [0.29, 0.717) is 6.54 Å². The summed E-state index contributed by atoms with van der Waals surface area (Å²) in [6.07, 6.45) is 1.55. The lowest BCUT2D eigenvalue weighted by atomic mass is 9.97. The van der Waals surface area contributed by atoms with E-state index in [1.807, 2.05) is 38.1 Å². The monoisotopic (exact) mass is 241 g/mol. The molecular weight excluding hydrogens is 222 g/mol. The van der Waals surface area contributed by atoms with Gasteiger partial charge in [0.05, 0.1) is 5.60 Å². The van der Waals surface area contributed by atoms with Crippen LogP contribution in [0, 0.1) is 0 Å². The van der Waals surface area contributed by atoms with Crippen molar-refractivity contribution in [2.75, 3.05) is 6.54 Å². The van der Waals surface area contributed by atoms with E-state index in [2.05, 4.69) is 5.32 Å². The van der Waals surface area contributed by atoms with E-state index < -0.39 is 5.60 Å². The molecule has 3 heteroatoms. The van der Waals surface area contributed by atoms with Gasteiger partial charge in [0.15, 0.2) is 0 Å². The zero-order valence-electron chi connectivity index (χ0n) is 9.96. The summed E-state index contributed by atoms with van der Waals surface area (Å²) in [4.78, 5) is 0. The Labute approximate surface area is 103 Å². The molecule has 0 saturated carbocycles. The van der Waals surface area contributed by atoms with Gasteiger partial charge in [0.25, 0.3) is 0 Å². The lowest BCUT2D eigenvalue weighted by Crippen LogP contribution is -2.39. The molecule has 0 aliphatic heterocycles. The highest BCUT2D eigenvalue weighted by Crippen LogP contribution is 2.13. The SMILES string of the molecule is CCC(O)(CC)CNCc1ccc(Cl)cc1. The summed E-state index contributed by atoms with van der Waals surface area (Å²) in [7, 11) is 0. The summed E-state index contributed by atoms with van der Waals surface area (Å²) in [6.45, 7) is 5.41. The Bertz CT molecular complexity index is 306. The van der Waals surface area contributed by atoms with Gasteiger partial charge in [0, 0.05) is 18.1 Å². The third-order valence-corrected chi connectivity index (χ3v) is 3.26. The first-order valence-electron chi connectivity index (χ1n) is 5.77. The van der Waals surface area contributed by atoms with Gasteiger partial charge >= 0.3 is 0 Å². The van der Waals surface area contributed by atoms with Crippen LogP contribution in [0.2, 0.25) is 5.02 Å². The Morgan fingerprint density at radius 1 is 1.19 bits per heavy atom. The molecule has 0 aromatic heterocycles. The molecule has 0 bridgehead atoms. The minimum atomic E-state index is -0.577. The second-order valence-corrected chi connectivity index (χ2v) is 4.60. The number of rotatable bonds is 6. The van der Waals surface area contributed by atoms with Gasteiger partial charge in [-0.25, -0.2) is 0 Å². The number of aliphatic hydroxyl groups is 1. The Kier molecular flexibility index (Phi) is 5.26. The number of benzene rings is 1. The summed E-state index contributed by atoms with van der Waals surface area (Å²) < 4.78 is 0. The third-order valence-electron chi connectivity index (χ3n) is 3.01. The van der Waals surface area contributed by atoms with Crippen molar-refractivity contribution in [2.45, 2.75) is 38.8 Å². The van der Waals surface area contributed by atoms with Crippen LogP contribution in [0.3, 0.4) is 0 Å². The van der Waals surface area contributed by atoms with Crippen LogP contribution in [0.25, 0.3) is 0 Å². The summed E-state index contributed by atoms with van der Waals surface area (Å²) in [5.41, 5.74) is 0.603. The molecule has 0 amide bonds. The average molecular weight is 242 g/mol. The highest BCUT2D eigenvalue weighted by Gasteiger charge is 2.20. The molecule has 0 spiro atoms. The van der Waals surface area contributed by atoms with Crippen molar-refractivity contribution in [3.63, 3.8) is 0 Å². The molecule has 1 aromatic rings. The van der Waals surface area contributed by atoms with E-state index in [1.54, 1.807) is 0 Å². The first-order chi connectivity index (χ1) is 7.59. The fourth-order valence-corrected chi connectivity index (χ4v) is 1.67. The molecule has 0 saturated heterocycles. The second-order valence-electron chi connectivity index (χ2n) is 4.16. The zero-order valence-corrected chi connectivity index (χ0v) is 10.7. The number of hydrogen-bond acceptors (Lipinski definition) is 2. The maximum Gasteiger partial charge on any atom is 0.0766 e. The standard InChI is InChI=1S/C13H20ClNO/c1-3-13(16,4-2)10-15-9-11-5-7-12(14)8-6-11/h5-8,15-16H,3-4,9-10H2,1-2H3. The van der Waals surface area contributed by atoms with E-state index >= 15 is 0 Å². The first-order valence-corrected chi connectivity index (χ1v) is 6.15. The topological polar surface area (TPSA) is 32.3 Å². The van der Waals surface area contributed by atoms with E-state index in [4.69, 9.17) is 11.6 Å². The molecule has 16 heavy (non-hydrogen) atoms. The zero-order chi connectivity index (χ0) is 12.0. The van der Waals surface area contributed by atoms with Gasteiger partial charge in [0.1, 0.15) is 0 Å². The molecule has 0 heterocycles. The highest BCUT2D eigenvalue weighted by atomic mass is 35.5. The van der Waals surface area contributed by atoms with Crippen LogP contribution in [0.15, 0.2) is 24.3 Å². The predicted molar refractivity (Wildman–Crippen MR) is 68.7 cm³/mol. The van der Waals surface area contributed by atoms with Crippen molar-refractivity contribution in [1.29, 1.82) is 0 Å². The van der Waals surface area contributed by atoms with Crippen molar-refractivity contribution in [3.05, 3.63) is 34.9 Å². The van der Waals surface area contributed by atoms with E-state index in [9.17, 15) is 5.11 Å². The third kappa shape index (κ3) is 4.12. The summed E-state index contributed by atoms with van der Waals surface area (Å²) >= 11 is 5.80. The molecule has 1 rings (SSSR count). The lowest BCUT2D eigenvalue weighted by molar-refractivity contribution is 0.0323. The number of hydrogen-bond donors (Lipinski definition) is 2. The normalized spacial score (nSPS) is 11.8. The Hall–Kier alpha value is -0.570. The molecular formula is C13H20ClNO. The van der Waals surface area contributed by atoms with Crippen molar-refractivity contribution in [2.24, 2.45) is 0 Å². The first kappa shape index (κ1) is 13.5. The summed E-state index contributed by atoms with van der Waals surface area (Å²) in [5.74, 6) is 0. The van der Waals surface area contributed by atoms with Gasteiger partial charge in [-0.2, -0.15) is 0 Å². The van der Waals surface area contributed by atoms with Crippen LogP contribution in [-0.2, 0) is 6.54 Å². The van der Waals surface area contributed by atoms with Crippen molar-refractivity contribution < 1.29 is 5.11 Å². The smallest absolute Gasteiger partial charge is 0.0766 e. The maximum absolute atomic E-state index is 10.1. The number of nitrogens with one attached hydrogen (secondary N) is 1. The predicted octanol–water partition coefficient (Wildman–Crippen LogP) is 2.98.